The molecule has 0 unspecified atom stereocenters. The van der Waals surface area contributed by atoms with Crippen molar-refractivity contribution in [3.63, 3.8) is 0 Å². The van der Waals surface area contributed by atoms with E-state index in [2.05, 4.69) is 47.1 Å². The van der Waals surface area contributed by atoms with Crippen LogP contribution in [0.1, 0.15) is 52.9 Å². The van der Waals surface area contributed by atoms with Crippen LogP contribution in [0.25, 0.3) is 0 Å². The van der Waals surface area contributed by atoms with Gasteiger partial charge in [-0.1, -0.05) is 20.8 Å². The van der Waals surface area contributed by atoms with Crippen molar-refractivity contribution in [2.75, 3.05) is 18.4 Å². The largest absolute Gasteiger partial charge is 0.380 e. The summed E-state index contributed by atoms with van der Waals surface area (Å²) in [5.74, 6) is 2.03. The molecular weight excluding hydrogens is 420 g/mol. The Labute approximate surface area is 175 Å². The summed E-state index contributed by atoms with van der Waals surface area (Å²) in [7, 11) is 0. The number of hydrogen-bond donors (Lipinski definition) is 1. The summed E-state index contributed by atoms with van der Waals surface area (Å²) in [6, 6.07) is 0.361. The molecule has 5 rings (SSSR count). The van der Waals surface area contributed by atoms with E-state index in [1.54, 1.807) is 6.20 Å². The number of hydrogen-bond acceptors (Lipinski definition) is 4. The zero-order chi connectivity index (χ0) is 20.1. The van der Waals surface area contributed by atoms with E-state index in [-0.39, 0.29) is 18.0 Å². The predicted molar refractivity (Wildman–Crippen MR) is 113 cm³/mol. The molecule has 1 saturated heterocycles. The molecule has 0 radical (unpaired) electrons. The smallest absolute Gasteiger partial charge is 0.283 e. The van der Waals surface area contributed by atoms with Crippen molar-refractivity contribution in [2.24, 2.45) is 23.2 Å². The summed E-state index contributed by atoms with van der Waals surface area (Å²) in [6.07, 6.45) is 7.40. The topological polar surface area (TPSA) is 67.2 Å². The highest BCUT2D eigenvalue weighted by Gasteiger charge is 2.56. The maximum absolute atomic E-state index is 12.8. The molecule has 7 heteroatoms. The molecule has 0 aromatic carbocycles. The van der Waals surface area contributed by atoms with Crippen LogP contribution in [0.5, 0.6) is 0 Å². The van der Waals surface area contributed by atoms with Crippen molar-refractivity contribution in [1.29, 1.82) is 0 Å². The minimum Gasteiger partial charge on any atom is -0.380 e. The van der Waals surface area contributed by atoms with Crippen molar-refractivity contribution < 1.29 is 4.79 Å². The van der Waals surface area contributed by atoms with Gasteiger partial charge in [-0.3, -0.25) is 9.59 Å². The number of aromatic nitrogens is 2. The third-order valence-corrected chi connectivity index (χ3v) is 8.44. The maximum Gasteiger partial charge on any atom is 0.283 e. The number of likely N-dealkylation sites (tertiary alicyclic amines) is 1. The SMILES string of the molecule is C[C@H]1[C@H](Nc2cnn(CC(=O)N3CCCCC3)c(=O)c2Br)C[C@H]2C[C@@H]1C2(C)C. The highest BCUT2D eigenvalue weighted by molar-refractivity contribution is 9.10. The first-order valence-corrected chi connectivity index (χ1v) is 11.4. The number of piperidine rings is 1. The zero-order valence-corrected chi connectivity index (χ0v) is 18.7. The lowest BCUT2D eigenvalue weighted by molar-refractivity contribution is -0.133. The number of nitrogens with one attached hydrogen (secondary N) is 1. The zero-order valence-electron chi connectivity index (χ0n) is 17.1. The Morgan fingerprint density at radius 2 is 2.00 bits per heavy atom. The van der Waals surface area contributed by atoms with Crippen LogP contribution in [0, 0.1) is 23.2 Å². The Balaban J connectivity index is 1.45. The molecule has 3 aliphatic carbocycles. The van der Waals surface area contributed by atoms with Gasteiger partial charge in [-0.2, -0.15) is 5.10 Å². The van der Waals surface area contributed by atoms with E-state index in [4.69, 9.17) is 0 Å². The highest BCUT2D eigenvalue weighted by atomic mass is 79.9. The van der Waals surface area contributed by atoms with E-state index in [9.17, 15) is 9.59 Å². The molecular formula is C21H31BrN4O2. The Kier molecular flexibility index (Phi) is 5.31. The number of fused-ring (bicyclic) bond motifs is 2. The molecule has 6 nitrogen and oxygen atoms in total. The molecule has 1 N–H and O–H groups in total. The molecule has 154 valence electrons. The molecule has 4 aliphatic rings. The standard InChI is InChI=1S/C21H31BrN4O2/c1-13-15-9-14(21(15,2)3)10-16(13)24-17-11-23-26(20(28)19(17)22)12-18(27)25-7-5-4-6-8-25/h11,13-16,24H,4-10,12H2,1-3H3/t13-,14-,15+,16-/m1/s1. The van der Waals surface area contributed by atoms with Crippen LogP contribution in [0.2, 0.25) is 0 Å². The van der Waals surface area contributed by atoms with Gasteiger partial charge >= 0.3 is 0 Å². The lowest BCUT2D eigenvalue weighted by atomic mass is 9.45. The average molecular weight is 451 g/mol. The van der Waals surface area contributed by atoms with Crippen molar-refractivity contribution in [1.82, 2.24) is 14.7 Å². The molecule has 2 bridgehead atoms. The monoisotopic (exact) mass is 450 g/mol. The first-order chi connectivity index (χ1) is 13.3. The molecule has 4 fully saturated rings. The lowest BCUT2D eigenvalue weighted by Crippen LogP contribution is -2.58. The number of halogens is 1. The van der Waals surface area contributed by atoms with Gasteiger partial charge in [0, 0.05) is 19.1 Å². The van der Waals surface area contributed by atoms with Crippen LogP contribution >= 0.6 is 15.9 Å². The highest BCUT2D eigenvalue weighted by Crippen LogP contribution is 2.61. The van der Waals surface area contributed by atoms with E-state index in [0.29, 0.717) is 21.8 Å². The summed E-state index contributed by atoms with van der Waals surface area (Å²) >= 11 is 3.45. The number of carbonyl (C=O) groups is 1. The fraction of sp³-hybridized carbons (Fsp3) is 0.762. The first kappa shape index (κ1) is 19.9. The lowest BCUT2D eigenvalue weighted by Gasteiger charge is -2.62. The molecule has 1 aromatic heterocycles. The van der Waals surface area contributed by atoms with E-state index in [1.165, 1.54) is 17.5 Å². The summed E-state index contributed by atoms with van der Waals surface area (Å²) in [6.45, 7) is 8.67. The summed E-state index contributed by atoms with van der Waals surface area (Å²) in [5.41, 5.74) is 0.928. The van der Waals surface area contributed by atoms with Crippen LogP contribution in [-0.2, 0) is 11.3 Å². The summed E-state index contributed by atoms with van der Waals surface area (Å²) in [4.78, 5) is 27.1. The van der Waals surface area contributed by atoms with Gasteiger partial charge in [0.2, 0.25) is 5.91 Å². The van der Waals surface area contributed by atoms with Crippen molar-refractivity contribution in [3.8, 4) is 0 Å². The Morgan fingerprint density at radius 1 is 1.29 bits per heavy atom. The van der Waals surface area contributed by atoms with Gasteiger partial charge in [0.15, 0.2) is 0 Å². The van der Waals surface area contributed by atoms with E-state index >= 15 is 0 Å². The van der Waals surface area contributed by atoms with Gasteiger partial charge in [-0.05, 0) is 71.2 Å². The number of rotatable bonds is 4. The molecule has 1 aromatic rings. The van der Waals surface area contributed by atoms with Crippen molar-refractivity contribution in [3.05, 3.63) is 21.0 Å². The molecule has 1 aliphatic heterocycles. The molecule has 1 amide bonds. The molecule has 28 heavy (non-hydrogen) atoms. The summed E-state index contributed by atoms with van der Waals surface area (Å²) in [5, 5.41) is 7.85. The van der Waals surface area contributed by atoms with Gasteiger partial charge < -0.3 is 10.2 Å². The Morgan fingerprint density at radius 3 is 2.64 bits per heavy atom. The molecule has 3 saturated carbocycles. The fourth-order valence-corrected chi connectivity index (χ4v) is 6.01. The van der Waals surface area contributed by atoms with Gasteiger partial charge in [0.05, 0.1) is 11.9 Å². The minimum absolute atomic E-state index is 0.00980. The summed E-state index contributed by atoms with van der Waals surface area (Å²) < 4.78 is 1.75. The molecule has 4 atom stereocenters. The van der Waals surface area contributed by atoms with Gasteiger partial charge in [0.1, 0.15) is 11.0 Å². The second-order valence-electron chi connectivity index (χ2n) is 9.48. The van der Waals surface area contributed by atoms with Crippen molar-refractivity contribution in [2.45, 2.75) is 65.5 Å². The van der Waals surface area contributed by atoms with Gasteiger partial charge in [0.25, 0.3) is 5.56 Å². The number of amides is 1. The third-order valence-electron chi connectivity index (χ3n) is 7.67. The average Bonchev–Trinajstić information content (AvgIpc) is 2.69. The van der Waals surface area contributed by atoms with Crippen LogP contribution in [0.3, 0.4) is 0 Å². The molecule has 2 heterocycles. The third kappa shape index (κ3) is 3.40. The van der Waals surface area contributed by atoms with Crippen LogP contribution in [0.4, 0.5) is 5.69 Å². The normalized spacial score (nSPS) is 31.2. The van der Waals surface area contributed by atoms with Crippen LogP contribution in [-0.4, -0.2) is 39.7 Å². The van der Waals surface area contributed by atoms with E-state index in [0.717, 1.165) is 49.9 Å². The minimum atomic E-state index is -0.246. The van der Waals surface area contributed by atoms with E-state index < -0.39 is 0 Å². The van der Waals surface area contributed by atoms with Gasteiger partial charge in [-0.15, -0.1) is 0 Å². The van der Waals surface area contributed by atoms with Gasteiger partial charge in [-0.25, -0.2) is 4.68 Å². The molecule has 0 spiro atoms. The first-order valence-electron chi connectivity index (χ1n) is 10.6. The quantitative estimate of drug-likeness (QED) is 0.761. The second kappa shape index (κ2) is 7.47. The van der Waals surface area contributed by atoms with Crippen molar-refractivity contribution >= 4 is 27.5 Å². The fourth-order valence-electron chi connectivity index (χ4n) is 5.59. The Hall–Kier alpha value is -1.37. The van der Waals surface area contributed by atoms with Crippen LogP contribution < -0.4 is 10.9 Å². The number of nitrogens with zero attached hydrogens (tertiary/aromatic N) is 3. The second-order valence-corrected chi connectivity index (χ2v) is 10.3. The maximum atomic E-state index is 12.8. The Bertz CT molecular complexity index is 815. The van der Waals surface area contributed by atoms with Crippen LogP contribution in [0.15, 0.2) is 15.5 Å². The predicted octanol–water partition coefficient (Wildman–Crippen LogP) is 3.50. The van der Waals surface area contributed by atoms with E-state index in [1.807, 2.05) is 4.90 Å². The number of carbonyl (C=O) groups excluding carboxylic acids is 1. The number of anilines is 1.